The van der Waals surface area contributed by atoms with Gasteiger partial charge in [-0.3, -0.25) is 0 Å². The molecule has 0 saturated carbocycles. The van der Waals surface area contributed by atoms with Gasteiger partial charge in [0.1, 0.15) is 0 Å². The van der Waals surface area contributed by atoms with E-state index < -0.39 is 6.09 Å². The maximum atomic E-state index is 10.9. The molecule has 0 aliphatic rings. The number of nitrogens with one attached hydrogen (secondary N) is 1. The van der Waals surface area contributed by atoms with Crippen molar-refractivity contribution in [2.75, 3.05) is 19.8 Å². The molecule has 82 valence electrons. The quantitative estimate of drug-likeness (QED) is 0.504. The van der Waals surface area contributed by atoms with Crippen LogP contribution < -0.4 is 5.32 Å². The van der Waals surface area contributed by atoms with Gasteiger partial charge >= 0.3 is 6.09 Å². The predicted molar refractivity (Wildman–Crippen MR) is 55.3 cm³/mol. The van der Waals surface area contributed by atoms with Crippen LogP contribution in [0.1, 0.15) is 20.3 Å². The molecular formula is C10H19NO3. The summed E-state index contributed by atoms with van der Waals surface area (Å²) >= 11 is 0. The Morgan fingerprint density at radius 1 is 1.50 bits per heavy atom. The summed E-state index contributed by atoms with van der Waals surface area (Å²) in [5, 5.41) is 2.58. The average Bonchev–Trinajstić information content (AvgIpc) is 2.10. The van der Waals surface area contributed by atoms with E-state index in [1.54, 1.807) is 19.9 Å². The average molecular weight is 201 g/mol. The normalized spacial score (nSPS) is 9.93. The van der Waals surface area contributed by atoms with E-state index in [9.17, 15) is 4.79 Å². The van der Waals surface area contributed by atoms with Gasteiger partial charge in [0.15, 0.2) is 0 Å². The Balaban J connectivity index is 3.19. The molecule has 0 bridgehead atoms. The molecule has 1 N–H and O–H groups in total. The number of hydrogen-bond acceptors (Lipinski definition) is 3. The maximum absolute atomic E-state index is 10.9. The monoisotopic (exact) mass is 201 g/mol. The Bertz CT molecular complexity index is 169. The topological polar surface area (TPSA) is 47.6 Å². The first-order chi connectivity index (χ1) is 6.66. The van der Waals surface area contributed by atoms with E-state index >= 15 is 0 Å². The van der Waals surface area contributed by atoms with Crippen LogP contribution in [0.15, 0.2) is 12.7 Å². The van der Waals surface area contributed by atoms with Gasteiger partial charge in [0.05, 0.1) is 19.3 Å². The van der Waals surface area contributed by atoms with Crippen LogP contribution in [0.4, 0.5) is 4.79 Å². The van der Waals surface area contributed by atoms with E-state index in [4.69, 9.17) is 9.47 Å². The summed E-state index contributed by atoms with van der Waals surface area (Å²) in [6.45, 7) is 8.80. The van der Waals surface area contributed by atoms with Crippen molar-refractivity contribution >= 4 is 6.09 Å². The summed E-state index contributed by atoms with van der Waals surface area (Å²) in [5.74, 6) is 0. The first-order valence-corrected chi connectivity index (χ1v) is 4.80. The minimum atomic E-state index is -0.396. The van der Waals surface area contributed by atoms with Crippen LogP contribution in [0, 0.1) is 0 Å². The summed E-state index contributed by atoms with van der Waals surface area (Å²) in [4.78, 5) is 10.9. The van der Waals surface area contributed by atoms with Gasteiger partial charge in [0, 0.05) is 6.54 Å². The fourth-order valence-corrected chi connectivity index (χ4v) is 0.750. The zero-order valence-corrected chi connectivity index (χ0v) is 8.91. The van der Waals surface area contributed by atoms with Crippen LogP contribution in [0.2, 0.25) is 0 Å². The predicted octanol–water partition coefficient (Wildman–Crippen LogP) is 1.71. The second-order valence-electron chi connectivity index (χ2n) is 3.07. The fourth-order valence-electron chi connectivity index (χ4n) is 0.750. The zero-order chi connectivity index (χ0) is 10.8. The molecule has 0 atom stereocenters. The molecule has 0 spiro atoms. The SMILES string of the molecule is C=CCCOCCNC(=O)OC(C)C. The Hall–Kier alpha value is -1.03. The molecule has 0 radical (unpaired) electrons. The Morgan fingerprint density at radius 3 is 2.79 bits per heavy atom. The van der Waals surface area contributed by atoms with Crippen molar-refractivity contribution in [2.45, 2.75) is 26.4 Å². The summed E-state index contributed by atoms with van der Waals surface area (Å²) in [5.41, 5.74) is 0. The molecule has 14 heavy (non-hydrogen) atoms. The highest BCUT2D eigenvalue weighted by Crippen LogP contribution is 1.87. The molecule has 0 rings (SSSR count). The molecule has 4 nitrogen and oxygen atoms in total. The molecule has 0 aliphatic heterocycles. The van der Waals surface area contributed by atoms with Gasteiger partial charge in [-0.1, -0.05) is 6.08 Å². The minimum absolute atomic E-state index is 0.0864. The molecule has 4 heteroatoms. The number of carbonyl (C=O) groups is 1. The first-order valence-electron chi connectivity index (χ1n) is 4.80. The molecule has 0 heterocycles. The van der Waals surface area contributed by atoms with Gasteiger partial charge in [0.2, 0.25) is 0 Å². The Labute approximate surface area is 85.3 Å². The summed E-state index contributed by atoms with van der Waals surface area (Å²) in [6, 6.07) is 0. The molecule has 0 aromatic rings. The number of alkyl carbamates (subject to hydrolysis) is 1. The highest BCUT2D eigenvalue weighted by atomic mass is 16.6. The van der Waals surface area contributed by atoms with Crippen molar-refractivity contribution in [1.29, 1.82) is 0 Å². The molecule has 0 saturated heterocycles. The van der Waals surface area contributed by atoms with E-state index in [-0.39, 0.29) is 6.10 Å². The van der Waals surface area contributed by atoms with Crippen molar-refractivity contribution in [1.82, 2.24) is 5.32 Å². The third kappa shape index (κ3) is 9.06. The maximum Gasteiger partial charge on any atom is 0.407 e. The molecule has 0 aromatic heterocycles. The molecule has 0 aliphatic carbocycles. The molecule has 1 amide bonds. The van der Waals surface area contributed by atoms with Gasteiger partial charge in [-0.05, 0) is 20.3 Å². The van der Waals surface area contributed by atoms with Crippen molar-refractivity contribution in [3.8, 4) is 0 Å². The molecule has 0 aromatic carbocycles. The third-order valence-electron chi connectivity index (χ3n) is 1.32. The van der Waals surface area contributed by atoms with E-state index in [2.05, 4.69) is 11.9 Å². The van der Waals surface area contributed by atoms with Gasteiger partial charge in [-0.2, -0.15) is 0 Å². The van der Waals surface area contributed by atoms with Crippen LogP contribution in [-0.2, 0) is 9.47 Å². The number of rotatable bonds is 7. The lowest BCUT2D eigenvalue weighted by Gasteiger charge is -2.09. The van der Waals surface area contributed by atoms with Gasteiger partial charge in [-0.25, -0.2) is 4.79 Å². The highest BCUT2D eigenvalue weighted by Gasteiger charge is 2.02. The number of amides is 1. The standard InChI is InChI=1S/C10H19NO3/c1-4-5-7-13-8-6-11-10(12)14-9(2)3/h4,9H,1,5-8H2,2-3H3,(H,11,12). The van der Waals surface area contributed by atoms with Crippen molar-refractivity contribution in [3.05, 3.63) is 12.7 Å². The van der Waals surface area contributed by atoms with E-state index in [0.717, 1.165) is 6.42 Å². The summed E-state index contributed by atoms with van der Waals surface area (Å²) in [6.07, 6.45) is 2.14. The van der Waals surface area contributed by atoms with E-state index in [1.807, 2.05) is 0 Å². The van der Waals surface area contributed by atoms with Crippen LogP contribution in [0.25, 0.3) is 0 Å². The smallest absolute Gasteiger partial charge is 0.407 e. The van der Waals surface area contributed by atoms with Crippen LogP contribution in [0.3, 0.4) is 0 Å². The lowest BCUT2D eigenvalue weighted by atomic mass is 10.4. The Kier molecular flexibility index (Phi) is 7.93. The molecule has 0 fully saturated rings. The summed E-state index contributed by atoms with van der Waals surface area (Å²) in [7, 11) is 0. The first kappa shape index (κ1) is 13.0. The summed E-state index contributed by atoms with van der Waals surface area (Å²) < 4.78 is 10.0. The van der Waals surface area contributed by atoms with Gasteiger partial charge in [0.25, 0.3) is 0 Å². The largest absolute Gasteiger partial charge is 0.447 e. The van der Waals surface area contributed by atoms with Crippen LogP contribution >= 0.6 is 0 Å². The third-order valence-corrected chi connectivity index (χ3v) is 1.32. The minimum Gasteiger partial charge on any atom is -0.447 e. The molecule has 0 unspecified atom stereocenters. The van der Waals surface area contributed by atoms with E-state index in [1.165, 1.54) is 0 Å². The highest BCUT2D eigenvalue weighted by molar-refractivity contribution is 5.67. The Morgan fingerprint density at radius 2 is 2.21 bits per heavy atom. The fraction of sp³-hybridized carbons (Fsp3) is 0.700. The lowest BCUT2D eigenvalue weighted by molar-refractivity contribution is 0.105. The number of carbonyl (C=O) groups excluding carboxylic acids is 1. The number of ether oxygens (including phenoxy) is 2. The lowest BCUT2D eigenvalue weighted by Crippen LogP contribution is -2.29. The number of hydrogen-bond donors (Lipinski definition) is 1. The zero-order valence-electron chi connectivity index (χ0n) is 8.91. The second kappa shape index (κ2) is 8.56. The van der Waals surface area contributed by atoms with Crippen molar-refractivity contribution < 1.29 is 14.3 Å². The van der Waals surface area contributed by atoms with Crippen LogP contribution in [-0.4, -0.2) is 32.0 Å². The van der Waals surface area contributed by atoms with Crippen molar-refractivity contribution in [3.63, 3.8) is 0 Å². The van der Waals surface area contributed by atoms with Crippen LogP contribution in [0.5, 0.6) is 0 Å². The second-order valence-corrected chi connectivity index (χ2v) is 3.07. The molecular weight excluding hydrogens is 182 g/mol. The van der Waals surface area contributed by atoms with Crippen molar-refractivity contribution in [2.24, 2.45) is 0 Å². The van der Waals surface area contributed by atoms with Gasteiger partial charge in [-0.15, -0.1) is 6.58 Å². The van der Waals surface area contributed by atoms with E-state index in [0.29, 0.717) is 19.8 Å². The van der Waals surface area contributed by atoms with Gasteiger partial charge < -0.3 is 14.8 Å².